The zero-order valence-corrected chi connectivity index (χ0v) is 15.6. The van der Waals surface area contributed by atoms with Gasteiger partial charge in [-0.25, -0.2) is 0 Å². The summed E-state index contributed by atoms with van der Waals surface area (Å²) in [5.41, 5.74) is 4.30. The largest absolute Gasteiger partial charge is 0.350 e. The van der Waals surface area contributed by atoms with Crippen molar-refractivity contribution in [2.75, 3.05) is 5.32 Å². The lowest BCUT2D eigenvalue weighted by atomic mass is 10.1. The van der Waals surface area contributed by atoms with Crippen LogP contribution in [0, 0.1) is 12.8 Å². The third kappa shape index (κ3) is 4.28. The van der Waals surface area contributed by atoms with Crippen LogP contribution in [0.25, 0.3) is 11.3 Å². The number of hydrogen-bond donors (Lipinski definition) is 2. The first-order valence-electron chi connectivity index (χ1n) is 9.30. The fourth-order valence-corrected chi connectivity index (χ4v) is 2.86. The van der Waals surface area contributed by atoms with E-state index in [1.165, 1.54) is 0 Å². The van der Waals surface area contributed by atoms with Crippen molar-refractivity contribution >= 4 is 17.5 Å². The third-order valence-corrected chi connectivity index (χ3v) is 4.68. The Morgan fingerprint density at radius 3 is 2.64 bits per heavy atom. The van der Waals surface area contributed by atoms with E-state index in [0.29, 0.717) is 12.2 Å². The average Bonchev–Trinajstić information content (AvgIpc) is 3.44. The lowest BCUT2D eigenvalue weighted by Gasteiger charge is -2.07. The van der Waals surface area contributed by atoms with Gasteiger partial charge in [-0.05, 0) is 37.5 Å². The minimum absolute atomic E-state index is 0.0616. The van der Waals surface area contributed by atoms with Gasteiger partial charge in [-0.1, -0.05) is 47.1 Å². The van der Waals surface area contributed by atoms with Crippen LogP contribution in [0.4, 0.5) is 5.69 Å². The van der Waals surface area contributed by atoms with Crippen LogP contribution in [-0.4, -0.2) is 17.0 Å². The van der Waals surface area contributed by atoms with E-state index in [4.69, 9.17) is 4.52 Å². The summed E-state index contributed by atoms with van der Waals surface area (Å²) in [6, 6.07) is 16.9. The first-order chi connectivity index (χ1) is 13.6. The molecule has 1 aliphatic carbocycles. The topological polar surface area (TPSA) is 84.2 Å². The molecular formula is C22H21N3O3. The Morgan fingerprint density at radius 1 is 1.11 bits per heavy atom. The van der Waals surface area contributed by atoms with E-state index in [0.717, 1.165) is 35.2 Å². The summed E-state index contributed by atoms with van der Waals surface area (Å²) < 4.78 is 5.19. The molecule has 2 aromatic carbocycles. The summed E-state index contributed by atoms with van der Waals surface area (Å²) in [5, 5.41) is 9.71. The van der Waals surface area contributed by atoms with Gasteiger partial charge in [0.1, 0.15) is 5.69 Å². The molecule has 2 N–H and O–H groups in total. The van der Waals surface area contributed by atoms with Gasteiger partial charge in [0.2, 0.25) is 11.7 Å². The number of nitrogens with one attached hydrogen (secondary N) is 2. The first kappa shape index (κ1) is 18.0. The molecule has 0 spiro atoms. The van der Waals surface area contributed by atoms with Crippen LogP contribution in [0.15, 0.2) is 59.1 Å². The summed E-state index contributed by atoms with van der Waals surface area (Å²) in [6.45, 7) is 2.34. The van der Waals surface area contributed by atoms with Crippen LogP contribution in [0.5, 0.6) is 0 Å². The van der Waals surface area contributed by atoms with Crippen molar-refractivity contribution in [3.05, 3.63) is 71.5 Å². The van der Waals surface area contributed by atoms with E-state index in [2.05, 4.69) is 15.8 Å². The Labute approximate surface area is 162 Å². The predicted octanol–water partition coefficient (Wildman–Crippen LogP) is 3.93. The Bertz CT molecular complexity index is 1000. The van der Waals surface area contributed by atoms with Crippen molar-refractivity contribution in [2.24, 2.45) is 5.92 Å². The lowest BCUT2D eigenvalue weighted by Crippen LogP contribution is -2.22. The van der Waals surface area contributed by atoms with Gasteiger partial charge in [-0.15, -0.1) is 0 Å². The maximum absolute atomic E-state index is 12.4. The second kappa shape index (κ2) is 7.68. The second-order valence-electron chi connectivity index (χ2n) is 7.09. The first-order valence-corrected chi connectivity index (χ1v) is 9.30. The van der Waals surface area contributed by atoms with E-state index in [1.807, 2.05) is 55.5 Å². The minimum atomic E-state index is -0.335. The van der Waals surface area contributed by atoms with Crippen LogP contribution in [0.3, 0.4) is 0 Å². The number of carbonyl (C=O) groups excluding carboxylic acids is 2. The SMILES string of the molecule is Cc1ccc(-c2cc(C(=O)NCc3cccc(NC(=O)C4CC4)c3)on2)cc1. The molecule has 6 heteroatoms. The van der Waals surface area contributed by atoms with E-state index < -0.39 is 0 Å². The highest BCUT2D eigenvalue weighted by Gasteiger charge is 2.29. The number of aromatic nitrogens is 1. The Morgan fingerprint density at radius 2 is 1.89 bits per heavy atom. The minimum Gasteiger partial charge on any atom is -0.350 e. The highest BCUT2D eigenvalue weighted by molar-refractivity contribution is 5.94. The number of hydrogen-bond acceptors (Lipinski definition) is 4. The average molecular weight is 375 g/mol. The van der Waals surface area contributed by atoms with Crippen molar-refractivity contribution in [1.82, 2.24) is 10.5 Å². The van der Waals surface area contributed by atoms with Crippen LogP contribution < -0.4 is 10.6 Å². The number of benzene rings is 2. The van der Waals surface area contributed by atoms with Crippen molar-refractivity contribution in [3.63, 3.8) is 0 Å². The van der Waals surface area contributed by atoms with E-state index >= 15 is 0 Å². The smallest absolute Gasteiger partial charge is 0.290 e. The highest BCUT2D eigenvalue weighted by Crippen LogP contribution is 2.30. The second-order valence-corrected chi connectivity index (χ2v) is 7.09. The molecule has 28 heavy (non-hydrogen) atoms. The number of aryl methyl sites for hydroxylation is 1. The number of nitrogens with zero attached hydrogens (tertiary/aromatic N) is 1. The maximum atomic E-state index is 12.4. The molecule has 0 saturated heterocycles. The van der Waals surface area contributed by atoms with Crippen LogP contribution >= 0.6 is 0 Å². The molecule has 0 aliphatic heterocycles. The molecule has 0 radical (unpaired) electrons. The molecule has 1 heterocycles. The summed E-state index contributed by atoms with van der Waals surface area (Å²) in [6.07, 6.45) is 1.92. The fraction of sp³-hybridized carbons (Fsp3) is 0.227. The van der Waals surface area contributed by atoms with Crippen LogP contribution in [-0.2, 0) is 11.3 Å². The molecule has 6 nitrogen and oxygen atoms in total. The van der Waals surface area contributed by atoms with Gasteiger partial charge in [0.05, 0.1) is 0 Å². The maximum Gasteiger partial charge on any atom is 0.290 e. The predicted molar refractivity (Wildman–Crippen MR) is 106 cm³/mol. The summed E-state index contributed by atoms with van der Waals surface area (Å²) in [7, 11) is 0. The Hall–Kier alpha value is -3.41. The van der Waals surface area contributed by atoms with E-state index in [-0.39, 0.29) is 23.5 Å². The molecule has 1 aromatic heterocycles. The summed E-state index contributed by atoms with van der Waals surface area (Å²) in [4.78, 5) is 24.2. The quantitative estimate of drug-likeness (QED) is 0.684. The van der Waals surface area contributed by atoms with Gasteiger partial charge >= 0.3 is 0 Å². The van der Waals surface area contributed by atoms with Gasteiger partial charge in [0, 0.05) is 29.8 Å². The monoisotopic (exact) mass is 375 g/mol. The molecule has 1 fully saturated rings. The van der Waals surface area contributed by atoms with Crippen molar-refractivity contribution in [1.29, 1.82) is 0 Å². The number of amides is 2. The zero-order valence-electron chi connectivity index (χ0n) is 15.6. The van der Waals surface area contributed by atoms with Crippen molar-refractivity contribution < 1.29 is 14.1 Å². The number of carbonyl (C=O) groups is 2. The number of rotatable bonds is 6. The molecule has 0 bridgehead atoms. The standard InChI is InChI=1S/C22H21N3O3/c1-14-5-7-16(8-6-14)19-12-20(28-25-19)22(27)23-13-15-3-2-4-18(11-15)24-21(26)17-9-10-17/h2-8,11-12,17H,9-10,13H2,1H3,(H,23,27)(H,24,26). The van der Waals surface area contributed by atoms with Crippen molar-refractivity contribution in [2.45, 2.75) is 26.3 Å². The summed E-state index contributed by atoms with van der Waals surface area (Å²) in [5.74, 6) is 0.0380. The third-order valence-electron chi connectivity index (χ3n) is 4.68. The van der Waals surface area contributed by atoms with Gasteiger partial charge < -0.3 is 15.2 Å². The van der Waals surface area contributed by atoms with Crippen LogP contribution in [0.1, 0.15) is 34.5 Å². The molecule has 1 aliphatic rings. The Balaban J connectivity index is 1.36. The van der Waals surface area contributed by atoms with Gasteiger partial charge in [0.15, 0.2) is 0 Å². The molecule has 3 aromatic rings. The molecule has 1 saturated carbocycles. The van der Waals surface area contributed by atoms with Gasteiger partial charge in [0.25, 0.3) is 5.91 Å². The summed E-state index contributed by atoms with van der Waals surface area (Å²) >= 11 is 0. The normalized spacial score (nSPS) is 13.2. The fourth-order valence-electron chi connectivity index (χ4n) is 2.86. The molecule has 2 amide bonds. The molecular weight excluding hydrogens is 354 g/mol. The molecule has 4 rings (SSSR count). The molecule has 0 atom stereocenters. The zero-order chi connectivity index (χ0) is 19.5. The highest BCUT2D eigenvalue weighted by atomic mass is 16.5. The van der Waals surface area contributed by atoms with Crippen molar-refractivity contribution in [3.8, 4) is 11.3 Å². The van der Waals surface area contributed by atoms with E-state index in [9.17, 15) is 9.59 Å². The van der Waals surface area contributed by atoms with E-state index in [1.54, 1.807) is 6.07 Å². The van der Waals surface area contributed by atoms with Crippen LogP contribution in [0.2, 0.25) is 0 Å². The lowest BCUT2D eigenvalue weighted by molar-refractivity contribution is -0.117. The molecule has 142 valence electrons. The van der Waals surface area contributed by atoms with Gasteiger partial charge in [-0.2, -0.15) is 0 Å². The molecule has 0 unspecified atom stereocenters. The van der Waals surface area contributed by atoms with Gasteiger partial charge in [-0.3, -0.25) is 9.59 Å². The Kier molecular flexibility index (Phi) is 4.93. The number of anilines is 1.